The second kappa shape index (κ2) is 9.42. The summed E-state index contributed by atoms with van der Waals surface area (Å²) in [7, 11) is 0. The average Bonchev–Trinajstić information content (AvgIpc) is 3.34. The molecule has 1 atom stereocenters. The van der Waals surface area contributed by atoms with Gasteiger partial charge in [0.1, 0.15) is 25.0 Å². The molecule has 2 N–H and O–H groups in total. The van der Waals surface area contributed by atoms with Crippen LogP contribution in [0, 0.1) is 0 Å². The molecular weight excluding hydrogens is 426 g/mol. The Bertz CT molecular complexity index is 972. The Kier molecular flexibility index (Phi) is 6.45. The number of halogens is 1. The standard InChI is InChI=1S/C21H22ClN3O6/c22-16-3-1-2-4-17(16)29-12-15(26)10-23-7-8-24-20(27)11-25(21(24)28)14-5-6-18-19(9-14)31-13-30-18/h1-6,9,15,23,26H,7-8,10-13H2. The third kappa shape index (κ3) is 4.84. The monoisotopic (exact) mass is 447 g/mol. The number of anilines is 1. The number of hydrogen-bond donors (Lipinski definition) is 2. The minimum absolute atomic E-state index is 0.0349. The molecule has 2 heterocycles. The van der Waals surface area contributed by atoms with E-state index in [0.29, 0.717) is 34.5 Å². The van der Waals surface area contributed by atoms with E-state index in [1.54, 1.807) is 42.5 Å². The normalized spacial score (nSPS) is 16.2. The number of imide groups is 1. The lowest BCUT2D eigenvalue weighted by Crippen LogP contribution is -2.40. The largest absolute Gasteiger partial charge is 0.489 e. The highest BCUT2D eigenvalue weighted by Gasteiger charge is 2.37. The van der Waals surface area contributed by atoms with E-state index < -0.39 is 12.1 Å². The third-order valence-corrected chi connectivity index (χ3v) is 5.20. The molecule has 0 radical (unpaired) electrons. The van der Waals surface area contributed by atoms with Crippen molar-refractivity contribution >= 4 is 29.2 Å². The van der Waals surface area contributed by atoms with Crippen LogP contribution in [0.2, 0.25) is 5.02 Å². The highest BCUT2D eigenvalue weighted by atomic mass is 35.5. The van der Waals surface area contributed by atoms with E-state index >= 15 is 0 Å². The first-order valence-electron chi connectivity index (χ1n) is 9.80. The summed E-state index contributed by atoms with van der Waals surface area (Å²) in [6.45, 7) is 0.945. The summed E-state index contributed by atoms with van der Waals surface area (Å²) in [5.74, 6) is 1.37. The van der Waals surface area contributed by atoms with Gasteiger partial charge in [-0.3, -0.25) is 14.6 Å². The molecule has 0 aliphatic carbocycles. The highest BCUT2D eigenvalue weighted by molar-refractivity contribution is 6.32. The third-order valence-electron chi connectivity index (χ3n) is 4.88. The Balaban J connectivity index is 1.22. The molecule has 0 spiro atoms. The molecule has 1 fully saturated rings. The Labute approximate surface area is 184 Å². The molecule has 4 rings (SSSR count). The summed E-state index contributed by atoms with van der Waals surface area (Å²) in [6.07, 6.45) is -0.772. The highest BCUT2D eigenvalue weighted by Crippen LogP contribution is 2.36. The van der Waals surface area contributed by atoms with Crippen LogP contribution in [-0.2, 0) is 4.79 Å². The predicted octanol–water partition coefficient (Wildman–Crippen LogP) is 1.87. The lowest BCUT2D eigenvalue weighted by molar-refractivity contribution is -0.124. The second-order valence-corrected chi connectivity index (χ2v) is 7.46. The number of rotatable bonds is 9. The Morgan fingerprint density at radius 3 is 2.81 bits per heavy atom. The maximum Gasteiger partial charge on any atom is 0.331 e. The molecule has 2 aliphatic heterocycles. The Morgan fingerprint density at radius 2 is 1.97 bits per heavy atom. The molecule has 3 amide bonds. The number of carbonyl (C=O) groups is 2. The average molecular weight is 448 g/mol. The molecular formula is C21H22ClN3O6. The number of urea groups is 1. The van der Waals surface area contributed by atoms with Crippen LogP contribution in [0.5, 0.6) is 17.2 Å². The first-order valence-corrected chi connectivity index (χ1v) is 10.2. The summed E-state index contributed by atoms with van der Waals surface area (Å²) in [5.41, 5.74) is 0.574. The van der Waals surface area contributed by atoms with Crippen molar-refractivity contribution in [2.45, 2.75) is 6.10 Å². The Hall–Kier alpha value is -3.01. The minimum Gasteiger partial charge on any atom is -0.489 e. The number of nitrogens with one attached hydrogen (secondary N) is 1. The SMILES string of the molecule is O=C1CN(c2ccc3c(c2)OCO3)C(=O)N1CCNCC(O)COc1ccccc1Cl. The minimum atomic E-state index is -0.772. The number of fused-ring (bicyclic) bond motifs is 1. The van der Waals surface area contributed by atoms with Gasteiger partial charge in [0.15, 0.2) is 11.5 Å². The van der Waals surface area contributed by atoms with Crippen molar-refractivity contribution in [2.75, 3.05) is 44.5 Å². The van der Waals surface area contributed by atoms with E-state index in [9.17, 15) is 14.7 Å². The van der Waals surface area contributed by atoms with Crippen LogP contribution >= 0.6 is 11.6 Å². The van der Waals surface area contributed by atoms with E-state index in [-0.39, 0.29) is 38.9 Å². The quantitative estimate of drug-likeness (QED) is 0.447. The molecule has 31 heavy (non-hydrogen) atoms. The summed E-state index contributed by atoms with van der Waals surface area (Å²) in [6, 6.07) is 11.7. The molecule has 2 aromatic rings. The van der Waals surface area contributed by atoms with Crippen molar-refractivity contribution in [2.24, 2.45) is 0 Å². The van der Waals surface area contributed by atoms with Gasteiger partial charge >= 0.3 is 6.03 Å². The zero-order chi connectivity index (χ0) is 21.8. The van der Waals surface area contributed by atoms with Crippen LogP contribution in [0.25, 0.3) is 0 Å². The van der Waals surface area contributed by atoms with Gasteiger partial charge in [-0.2, -0.15) is 0 Å². The fourth-order valence-corrected chi connectivity index (χ4v) is 3.47. The number of nitrogens with zero attached hydrogens (tertiary/aromatic N) is 2. The van der Waals surface area contributed by atoms with Gasteiger partial charge in [0, 0.05) is 31.4 Å². The van der Waals surface area contributed by atoms with E-state index in [1.807, 2.05) is 0 Å². The number of hydrogen-bond acceptors (Lipinski definition) is 7. The number of benzene rings is 2. The lowest BCUT2D eigenvalue weighted by atomic mass is 10.2. The molecule has 0 bridgehead atoms. The van der Waals surface area contributed by atoms with Crippen LogP contribution in [0.4, 0.5) is 10.5 Å². The van der Waals surface area contributed by atoms with Gasteiger partial charge in [0.2, 0.25) is 6.79 Å². The molecule has 10 heteroatoms. The summed E-state index contributed by atoms with van der Waals surface area (Å²) < 4.78 is 16.1. The van der Waals surface area contributed by atoms with Gasteiger partial charge in [-0.15, -0.1) is 0 Å². The van der Waals surface area contributed by atoms with Crippen LogP contribution in [0.1, 0.15) is 0 Å². The van der Waals surface area contributed by atoms with Gasteiger partial charge < -0.3 is 24.6 Å². The number of aliphatic hydroxyl groups excluding tert-OH is 1. The van der Waals surface area contributed by atoms with Crippen LogP contribution < -0.4 is 24.4 Å². The molecule has 0 aromatic heterocycles. The van der Waals surface area contributed by atoms with Crippen LogP contribution in [-0.4, -0.2) is 67.6 Å². The zero-order valence-electron chi connectivity index (χ0n) is 16.6. The molecule has 2 aromatic carbocycles. The lowest BCUT2D eigenvalue weighted by Gasteiger charge is -2.18. The first-order chi connectivity index (χ1) is 15.0. The number of amides is 3. The van der Waals surface area contributed by atoms with Crippen molar-refractivity contribution in [1.29, 1.82) is 0 Å². The topological polar surface area (TPSA) is 101 Å². The molecule has 1 saturated heterocycles. The van der Waals surface area contributed by atoms with Gasteiger partial charge in [-0.05, 0) is 24.3 Å². The fraction of sp³-hybridized carbons (Fsp3) is 0.333. The van der Waals surface area contributed by atoms with Crippen molar-refractivity contribution in [3.8, 4) is 17.2 Å². The summed E-state index contributed by atoms with van der Waals surface area (Å²) in [4.78, 5) is 27.6. The van der Waals surface area contributed by atoms with Crippen LogP contribution in [0.15, 0.2) is 42.5 Å². The molecule has 2 aliphatic rings. The number of carbonyl (C=O) groups excluding carboxylic acids is 2. The number of para-hydroxylation sites is 1. The maximum absolute atomic E-state index is 12.7. The van der Waals surface area contributed by atoms with Gasteiger partial charge in [-0.25, -0.2) is 4.79 Å². The van der Waals surface area contributed by atoms with Gasteiger partial charge in [-0.1, -0.05) is 23.7 Å². The number of ether oxygens (including phenoxy) is 3. The molecule has 164 valence electrons. The smallest absolute Gasteiger partial charge is 0.331 e. The zero-order valence-corrected chi connectivity index (χ0v) is 17.4. The van der Waals surface area contributed by atoms with Crippen LogP contribution in [0.3, 0.4) is 0 Å². The van der Waals surface area contributed by atoms with Crippen molar-refractivity contribution in [3.05, 3.63) is 47.5 Å². The molecule has 9 nitrogen and oxygen atoms in total. The van der Waals surface area contributed by atoms with Crippen molar-refractivity contribution < 1.29 is 28.9 Å². The van der Waals surface area contributed by atoms with Gasteiger partial charge in [0.05, 0.1) is 5.02 Å². The van der Waals surface area contributed by atoms with E-state index in [2.05, 4.69) is 5.32 Å². The maximum atomic E-state index is 12.7. The molecule has 0 saturated carbocycles. The summed E-state index contributed by atoms with van der Waals surface area (Å²) in [5, 5.41) is 13.6. The Morgan fingerprint density at radius 1 is 1.16 bits per heavy atom. The summed E-state index contributed by atoms with van der Waals surface area (Å²) >= 11 is 6.01. The first kappa shape index (κ1) is 21.2. The van der Waals surface area contributed by atoms with E-state index in [1.165, 1.54) is 9.80 Å². The second-order valence-electron chi connectivity index (χ2n) is 7.05. The number of aliphatic hydroxyl groups is 1. The van der Waals surface area contributed by atoms with Crippen molar-refractivity contribution in [1.82, 2.24) is 10.2 Å². The van der Waals surface area contributed by atoms with Gasteiger partial charge in [0.25, 0.3) is 5.91 Å². The van der Waals surface area contributed by atoms with Crippen molar-refractivity contribution in [3.63, 3.8) is 0 Å². The fourth-order valence-electron chi connectivity index (χ4n) is 3.28. The predicted molar refractivity (Wildman–Crippen MR) is 113 cm³/mol. The molecule has 1 unspecified atom stereocenters. The van der Waals surface area contributed by atoms with E-state index in [0.717, 1.165) is 0 Å². The van der Waals surface area contributed by atoms with E-state index in [4.69, 9.17) is 25.8 Å².